The molecule has 1 aliphatic rings. The average Bonchev–Trinajstić information content (AvgIpc) is 3.19. The molecule has 4 amide bonds. The molecule has 1 aliphatic heterocycles. The number of nitrogens with two attached hydrogens (primary N) is 2. The molecule has 170 valence electrons. The fraction of sp³-hybridized carbons (Fsp3) is 0.722. The number of carboxylic acids is 1. The zero-order valence-corrected chi connectivity index (χ0v) is 17.2. The van der Waals surface area contributed by atoms with E-state index in [2.05, 4.69) is 10.6 Å². The van der Waals surface area contributed by atoms with E-state index in [-0.39, 0.29) is 18.9 Å². The molecule has 0 aromatic rings. The van der Waals surface area contributed by atoms with Gasteiger partial charge in [-0.15, -0.1) is 0 Å². The average molecular weight is 429 g/mol. The van der Waals surface area contributed by atoms with Gasteiger partial charge in [0, 0.05) is 6.54 Å². The maximum Gasteiger partial charge on any atom is 0.326 e. The highest BCUT2D eigenvalue weighted by Gasteiger charge is 2.39. The molecule has 30 heavy (non-hydrogen) atoms. The molecule has 12 nitrogen and oxygen atoms in total. The van der Waals surface area contributed by atoms with E-state index in [1.54, 1.807) is 13.8 Å². The summed E-state index contributed by atoms with van der Waals surface area (Å²) in [6.07, 6.45) is 0.715. The van der Waals surface area contributed by atoms with Crippen LogP contribution in [0.4, 0.5) is 0 Å². The van der Waals surface area contributed by atoms with Gasteiger partial charge in [-0.05, 0) is 18.8 Å². The summed E-state index contributed by atoms with van der Waals surface area (Å²) in [7, 11) is 0. The van der Waals surface area contributed by atoms with Crippen LogP contribution in [-0.4, -0.2) is 82.0 Å². The Labute approximate surface area is 174 Å². The predicted octanol–water partition coefficient (Wildman–Crippen LogP) is -2.73. The lowest BCUT2D eigenvalue weighted by Crippen LogP contribution is -2.59. The first kappa shape index (κ1) is 25.3. The van der Waals surface area contributed by atoms with Crippen molar-refractivity contribution in [3.63, 3.8) is 0 Å². The number of rotatable bonds is 11. The van der Waals surface area contributed by atoms with Crippen molar-refractivity contribution in [2.45, 2.75) is 63.7 Å². The van der Waals surface area contributed by atoms with Crippen molar-refractivity contribution < 1.29 is 34.2 Å². The van der Waals surface area contributed by atoms with Gasteiger partial charge in [-0.1, -0.05) is 20.3 Å². The number of carbonyl (C=O) groups is 5. The summed E-state index contributed by atoms with van der Waals surface area (Å²) in [6.45, 7) is 3.05. The maximum atomic E-state index is 12.9. The van der Waals surface area contributed by atoms with E-state index in [9.17, 15) is 29.1 Å². The van der Waals surface area contributed by atoms with Crippen LogP contribution in [0.2, 0.25) is 0 Å². The number of aliphatic hydroxyl groups excluding tert-OH is 1. The van der Waals surface area contributed by atoms with E-state index in [4.69, 9.17) is 16.6 Å². The monoisotopic (exact) mass is 429 g/mol. The van der Waals surface area contributed by atoms with Gasteiger partial charge in [0.2, 0.25) is 23.6 Å². The Kier molecular flexibility index (Phi) is 9.66. The number of hydrogen-bond acceptors (Lipinski definition) is 7. The first-order chi connectivity index (χ1) is 14.0. The summed E-state index contributed by atoms with van der Waals surface area (Å²) < 4.78 is 0. The van der Waals surface area contributed by atoms with Crippen LogP contribution >= 0.6 is 0 Å². The summed E-state index contributed by atoms with van der Waals surface area (Å²) in [5, 5.41) is 23.2. The molecule has 5 unspecified atom stereocenters. The third-order valence-corrected chi connectivity index (χ3v) is 5.17. The molecule has 0 bridgehead atoms. The van der Waals surface area contributed by atoms with Gasteiger partial charge in [-0.25, -0.2) is 4.79 Å². The molecule has 8 N–H and O–H groups in total. The summed E-state index contributed by atoms with van der Waals surface area (Å²) >= 11 is 0. The van der Waals surface area contributed by atoms with Crippen molar-refractivity contribution in [2.75, 3.05) is 13.2 Å². The van der Waals surface area contributed by atoms with Crippen LogP contribution in [0.3, 0.4) is 0 Å². The standard InChI is InChI=1S/C18H31N5O7/c1-3-9(2)14(22-15(26)10(19)8-24)16(27)21-11(7-13(20)25)17(28)23-6-4-5-12(23)18(29)30/h9-12,14,24H,3-8,19H2,1-2H3,(H2,20,25)(H,21,27)(H,22,26)(H,29,30). The van der Waals surface area contributed by atoms with Crippen LogP contribution in [0.5, 0.6) is 0 Å². The van der Waals surface area contributed by atoms with Gasteiger partial charge in [0.25, 0.3) is 0 Å². The number of nitrogens with zero attached hydrogens (tertiary/aromatic N) is 1. The number of nitrogens with one attached hydrogen (secondary N) is 2. The maximum absolute atomic E-state index is 12.9. The van der Waals surface area contributed by atoms with Gasteiger partial charge in [0.1, 0.15) is 24.2 Å². The predicted molar refractivity (Wildman–Crippen MR) is 105 cm³/mol. The second-order valence-corrected chi connectivity index (χ2v) is 7.42. The highest BCUT2D eigenvalue weighted by Crippen LogP contribution is 2.19. The second-order valence-electron chi connectivity index (χ2n) is 7.42. The fourth-order valence-corrected chi connectivity index (χ4v) is 3.20. The summed E-state index contributed by atoms with van der Waals surface area (Å²) in [6, 6.07) is -4.73. The molecule has 0 aromatic heterocycles. The highest BCUT2D eigenvalue weighted by atomic mass is 16.4. The Morgan fingerprint density at radius 1 is 1.17 bits per heavy atom. The lowest BCUT2D eigenvalue weighted by atomic mass is 9.97. The van der Waals surface area contributed by atoms with E-state index < -0.39 is 66.8 Å². The van der Waals surface area contributed by atoms with Crippen LogP contribution in [0.1, 0.15) is 39.5 Å². The summed E-state index contributed by atoms with van der Waals surface area (Å²) in [5.74, 6) is -4.61. The van der Waals surface area contributed by atoms with Crippen molar-refractivity contribution in [2.24, 2.45) is 17.4 Å². The third kappa shape index (κ3) is 6.66. The third-order valence-electron chi connectivity index (χ3n) is 5.17. The van der Waals surface area contributed by atoms with Crippen LogP contribution in [0.15, 0.2) is 0 Å². The van der Waals surface area contributed by atoms with Gasteiger partial charge < -0.3 is 37.2 Å². The van der Waals surface area contributed by atoms with Crippen LogP contribution in [0.25, 0.3) is 0 Å². The Balaban J connectivity index is 3.03. The molecule has 0 radical (unpaired) electrons. The molecule has 0 saturated carbocycles. The zero-order valence-electron chi connectivity index (χ0n) is 17.2. The highest BCUT2D eigenvalue weighted by molar-refractivity contribution is 5.96. The van der Waals surface area contributed by atoms with Crippen molar-refractivity contribution in [3.05, 3.63) is 0 Å². The number of aliphatic carboxylic acids is 1. The normalized spacial score (nSPS) is 20.0. The van der Waals surface area contributed by atoms with E-state index in [0.717, 1.165) is 4.90 Å². The SMILES string of the molecule is CCC(C)C(NC(=O)C(N)CO)C(=O)NC(CC(N)=O)C(=O)N1CCCC1C(=O)O. The quantitative estimate of drug-likeness (QED) is 0.203. The number of hydrogen-bond donors (Lipinski definition) is 6. The van der Waals surface area contributed by atoms with Gasteiger partial charge in [-0.2, -0.15) is 0 Å². The Hall–Kier alpha value is -2.73. The fourth-order valence-electron chi connectivity index (χ4n) is 3.20. The Morgan fingerprint density at radius 2 is 1.80 bits per heavy atom. The Bertz CT molecular complexity index is 671. The van der Waals surface area contributed by atoms with Gasteiger partial charge in [0.05, 0.1) is 13.0 Å². The molecule has 1 heterocycles. The molecule has 0 aliphatic carbocycles. The van der Waals surface area contributed by atoms with Crippen LogP contribution in [0, 0.1) is 5.92 Å². The largest absolute Gasteiger partial charge is 0.480 e. The zero-order chi connectivity index (χ0) is 23.0. The topological polar surface area (TPSA) is 205 Å². The van der Waals surface area contributed by atoms with Crippen molar-refractivity contribution in [1.82, 2.24) is 15.5 Å². The van der Waals surface area contributed by atoms with Crippen molar-refractivity contribution in [1.29, 1.82) is 0 Å². The van der Waals surface area contributed by atoms with Gasteiger partial charge in [0.15, 0.2) is 0 Å². The number of carboxylic acid groups (broad SMARTS) is 1. The molecule has 0 spiro atoms. The molecule has 0 aromatic carbocycles. The molecule has 5 atom stereocenters. The van der Waals surface area contributed by atoms with Gasteiger partial charge in [-0.3, -0.25) is 19.2 Å². The van der Waals surface area contributed by atoms with E-state index in [0.29, 0.717) is 12.8 Å². The number of carbonyl (C=O) groups excluding carboxylic acids is 4. The molecule has 1 saturated heterocycles. The molecule has 12 heteroatoms. The lowest BCUT2D eigenvalue weighted by molar-refractivity contribution is -0.149. The van der Waals surface area contributed by atoms with E-state index in [1.165, 1.54) is 0 Å². The van der Waals surface area contributed by atoms with E-state index in [1.807, 2.05) is 0 Å². The molecule has 1 rings (SSSR count). The second kappa shape index (κ2) is 11.5. The van der Waals surface area contributed by atoms with Crippen molar-refractivity contribution in [3.8, 4) is 0 Å². The minimum atomic E-state index is -1.37. The molecular weight excluding hydrogens is 398 g/mol. The van der Waals surface area contributed by atoms with Crippen LogP contribution in [-0.2, 0) is 24.0 Å². The first-order valence-electron chi connectivity index (χ1n) is 9.82. The Morgan fingerprint density at radius 3 is 2.30 bits per heavy atom. The first-order valence-corrected chi connectivity index (χ1v) is 9.82. The minimum Gasteiger partial charge on any atom is -0.480 e. The van der Waals surface area contributed by atoms with Crippen molar-refractivity contribution >= 4 is 29.6 Å². The van der Waals surface area contributed by atoms with Crippen LogP contribution < -0.4 is 22.1 Å². The smallest absolute Gasteiger partial charge is 0.326 e. The number of likely N-dealkylation sites (tertiary alicyclic amines) is 1. The number of amides is 4. The summed E-state index contributed by atoms with van der Waals surface area (Å²) in [5.41, 5.74) is 10.7. The molecular formula is C18H31N5O7. The summed E-state index contributed by atoms with van der Waals surface area (Å²) in [4.78, 5) is 61.7. The molecule has 1 fully saturated rings. The van der Waals surface area contributed by atoms with E-state index >= 15 is 0 Å². The number of primary amides is 1. The van der Waals surface area contributed by atoms with Gasteiger partial charge >= 0.3 is 5.97 Å². The minimum absolute atomic E-state index is 0.178. The number of aliphatic hydroxyl groups is 1. The lowest BCUT2D eigenvalue weighted by Gasteiger charge is -2.30.